The second-order valence-electron chi connectivity index (χ2n) is 5.68. The second-order valence-corrected chi connectivity index (χ2v) is 5.68. The average molecular weight is 290 g/mol. The number of likely N-dealkylation sites (tertiary alicyclic amines) is 1. The lowest BCUT2D eigenvalue weighted by molar-refractivity contribution is -0.127. The van der Waals surface area contributed by atoms with Gasteiger partial charge < -0.3 is 21.3 Å². The summed E-state index contributed by atoms with van der Waals surface area (Å²) in [5.74, 6) is 2.07. The molecule has 1 aliphatic heterocycles. The van der Waals surface area contributed by atoms with E-state index in [1.165, 1.54) is 12.8 Å². The number of carbonyl (C=O) groups is 1. The van der Waals surface area contributed by atoms with Crippen molar-refractivity contribution in [3.8, 4) is 0 Å². The van der Waals surface area contributed by atoms with Crippen LogP contribution >= 0.6 is 0 Å². The third-order valence-electron chi connectivity index (χ3n) is 3.76. The summed E-state index contributed by atoms with van der Waals surface area (Å²) in [6.45, 7) is 2.47. The quantitative estimate of drug-likeness (QED) is 0.650. The molecule has 1 aromatic rings. The molecule has 0 aromatic carbocycles. The van der Waals surface area contributed by atoms with Crippen LogP contribution in [-0.2, 0) is 4.79 Å². The Morgan fingerprint density at radius 3 is 2.86 bits per heavy atom. The minimum atomic E-state index is 0.275. The molecule has 114 valence electrons. The van der Waals surface area contributed by atoms with Crippen LogP contribution in [0.1, 0.15) is 32.1 Å². The summed E-state index contributed by atoms with van der Waals surface area (Å²) in [7, 11) is 0. The molecule has 1 saturated heterocycles. The van der Waals surface area contributed by atoms with E-state index in [1.807, 2.05) is 11.0 Å². The predicted molar refractivity (Wildman–Crippen MR) is 82.0 cm³/mol. The summed E-state index contributed by atoms with van der Waals surface area (Å²) < 4.78 is 0. The fourth-order valence-electron chi connectivity index (χ4n) is 2.49. The number of nitrogens with two attached hydrogens (primary N) is 1. The van der Waals surface area contributed by atoms with Crippen LogP contribution in [0.5, 0.6) is 0 Å². The number of anilines is 3. The zero-order chi connectivity index (χ0) is 14.7. The fraction of sp³-hybridized carbons (Fsp3) is 0.643. The van der Waals surface area contributed by atoms with Gasteiger partial charge in [-0.2, -0.15) is 9.97 Å². The maximum atomic E-state index is 11.5. The number of aromatic nitrogens is 2. The van der Waals surface area contributed by atoms with Gasteiger partial charge in [-0.25, -0.2) is 0 Å². The molecule has 1 amide bonds. The summed E-state index contributed by atoms with van der Waals surface area (Å²) in [5.41, 5.74) is 5.72. The normalized spacial score (nSPS) is 18.1. The van der Waals surface area contributed by atoms with Gasteiger partial charge in [-0.3, -0.25) is 4.79 Å². The Balaban J connectivity index is 1.45. The van der Waals surface area contributed by atoms with E-state index >= 15 is 0 Å². The lowest BCUT2D eigenvalue weighted by Crippen LogP contribution is -2.27. The Hall–Kier alpha value is -2.05. The van der Waals surface area contributed by atoms with Crippen molar-refractivity contribution in [1.82, 2.24) is 14.9 Å². The highest BCUT2D eigenvalue weighted by Crippen LogP contribution is 2.24. The number of nitrogen functional groups attached to an aromatic ring is 1. The highest BCUT2D eigenvalue weighted by Gasteiger charge is 2.22. The molecule has 0 radical (unpaired) electrons. The van der Waals surface area contributed by atoms with Gasteiger partial charge >= 0.3 is 0 Å². The van der Waals surface area contributed by atoms with Crippen LogP contribution in [0, 0.1) is 0 Å². The standard InChI is InChI=1S/C14H22N6O/c15-14-18-11(9-12(19-14)17-10-4-5-10)16-6-2-8-20-7-1-3-13(20)21/h9-10H,1-8H2,(H4,15,16,17,18,19). The topological polar surface area (TPSA) is 96.2 Å². The first-order valence-corrected chi connectivity index (χ1v) is 7.63. The maximum absolute atomic E-state index is 11.5. The van der Waals surface area contributed by atoms with Crippen LogP contribution < -0.4 is 16.4 Å². The van der Waals surface area contributed by atoms with Crippen LogP contribution in [0.2, 0.25) is 0 Å². The first-order chi connectivity index (χ1) is 10.2. The van der Waals surface area contributed by atoms with Crippen molar-refractivity contribution < 1.29 is 4.79 Å². The molecule has 1 aliphatic carbocycles. The summed E-state index contributed by atoms with van der Waals surface area (Å²) >= 11 is 0. The lowest BCUT2D eigenvalue weighted by atomic mass is 10.3. The van der Waals surface area contributed by atoms with E-state index in [9.17, 15) is 4.79 Å². The molecule has 7 heteroatoms. The van der Waals surface area contributed by atoms with Gasteiger partial charge in [0.15, 0.2) is 0 Å². The smallest absolute Gasteiger partial charge is 0.223 e. The van der Waals surface area contributed by atoms with Gasteiger partial charge in [-0.15, -0.1) is 0 Å². The Morgan fingerprint density at radius 1 is 1.33 bits per heavy atom. The molecule has 1 saturated carbocycles. The maximum Gasteiger partial charge on any atom is 0.223 e. The third kappa shape index (κ3) is 3.96. The van der Waals surface area contributed by atoms with Gasteiger partial charge in [0.2, 0.25) is 11.9 Å². The molecule has 0 atom stereocenters. The molecule has 2 heterocycles. The number of nitrogens with one attached hydrogen (secondary N) is 2. The number of hydrogen-bond acceptors (Lipinski definition) is 6. The van der Waals surface area contributed by atoms with E-state index in [0.717, 1.165) is 44.1 Å². The number of nitrogens with zero attached hydrogens (tertiary/aromatic N) is 3. The zero-order valence-electron chi connectivity index (χ0n) is 12.1. The van der Waals surface area contributed by atoms with E-state index < -0.39 is 0 Å². The number of rotatable bonds is 7. The average Bonchev–Trinajstić information content (AvgIpc) is 3.15. The molecule has 2 fully saturated rings. The summed E-state index contributed by atoms with van der Waals surface area (Å²) in [6.07, 6.45) is 4.98. The van der Waals surface area contributed by atoms with E-state index in [-0.39, 0.29) is 11.9 Å². The van der Waals surface area contributed by atoms with Crippen LogP contribution in [0.25, 0.3) is 0 Å². The largest absolute Gasteiger partial charge is 0.370 e. The molecule has 0 bridgehead atoms. The summed E-state index contributed by atoms with van der Waals surface area (Å²) in [4.78, 5) is 21.8. The predicted octanol–water partition coefficient (Wildman–Crippen LogP) is 1.06. The monoisotopic (exact) mass is 290 g/mol. The zero-order valence-corrected chi connectivity index (χ0v) is 12.1. The minimum Gasteiger partial charge on any atom is -0.370 e. The van der Waals surface area contributed by atoms with Gasteiger partial charge in [0.25, 0.3) is 0 Å². The molecule has 0 unspecified atom stereocenters. The summed E-state index contributed by atoms with van der Waals surface area (Å²) in [6, 6.07) is 2.42. The van der Waals surface area contributed by atoms with Crippen LogP contribution in [0.15, 0.2) is 6.07 Å². The first kappa shape index (κ1) is 13.9. The van der Waals surface area contributed by atoms with Crippen molar-refractivity contribution in [2.24, 2.45) is 0 Å². The highest BCUT2D eigenvalue weighted by molar-refractivity contribution is 5.78. The van der Waals surface area contributed by atoms with Crippen molar-refractivity contribution in [2.75, 3.05) is 36.0 Å². The van der Waals surface area contributed by atoms with Crippen molar-refractivity contribution >= 4 is 23.5 Å². The fourth-order valence-corrected chi connectivity index (χ4v) is 2.49. The lowest BCUT2D eigenvalue weighted by Gasteiger charge is -2.15. The minimum absolute atomic E-state index is 0.275. The molecule has 21 heavy (non-hydrogen) atoms. The Morgan fingerprint density at radius 2 is 2.14 bits per heavy atom. The van der Waals surface area contributed by atoms with E-state index in [1.54, 1.807) is 0 Å². The van der Waals surface area contributed by atoms with E-state index in [4.69, 9.17) is 5.73 Å². The molecule has 1 aromatic heterocycles. The molecule has 7 nitrogen and oxygen atoms in total. The van der Waals surface area contributed by atoms with Gasteiger partial charge in [0.05, 0.1) is 0 Å². The molecule has 4 N–H and O–H groups in total. The molecule has 3 rings (SSSR count). The first-order valence-electron chi connectivity index (χ1n) is 7.63. The van der Waals surface area contributed by atoms with Crippen LogP contribution in [0.3, 0.4) is 0 Å². The molecule has 2 aliphatic rings. The number of hydrogen-bond donors (Lipinski definition) is 3. The van der Waals surface area contributed by atoms with Gasteiger partial charge in [0, 0.05) is 38.2 Å². The third-order valence-corrected chi connectivity index (χ3v) is 3.76. The van der Waals surface area contributed by atoms with Crippen molar-refractivity contribution in [3.05, 3.63) is 6.07 Å². The van der Waals surface area contributed by atoms with Gasteiger partial charge in [-0.05, 0) is 25.7 Å². The van der Waals surface area contributed by atoms with Gasteiger partial charge in [-0.1, -0.05) is 0 Å². The van der Waals surface area contributed by atoms with E-state index in [0.29, 0.717) is 12.5 Å². The summed E-state index contributed by atoms with van der Waals surface area (Å²) in [5, 5.41) is 6.56. The SMILES string of the molecule is Nc1nc(NCCCN2CCCC2=O)cc(NC2CC2)n1. The Kier molecular flexibility index (Phi) is 4.08. The molecule has 0 spiro atoms. The van der Waals surface area contributed by atoms with Crippen LogP contribution in [0.4, 0.5) is 17.6 Å². The van der Waals surface area contributed by atoms with Gasteiger partial charge in [0.1, 0.15) is 11.6 Å². The van der Waals surface area contributed by atoms with Crippen molar-refractivity contribution in [3.63, 3.8) is 0 Å². The Bertz CT molecular complexity index is 516. The highest BCUT2D eigenvalue weighted by atomic mass is 16.2. The molecular formula is C14H22N6O. The van der Waals surface area contributed by atoms with Crippen molar-refractivity contribution in [1.29, 1.82) is 0 Å². The Labute approximate surface area is 124 Å². The number of amides is 1. The van der Waals surface area contributed by atoms with E-state index in [2.05, 4.69) is 20.6 Å². The second kappa shape index (κ2) is 6.15. The van der Waals surface area contributed by atoms with Crippen molar-refractivity contribution in [2.45, 2.75) is 38.1 Å². The number of carbonyl (C=O) groups excluding carboxylic acids is 1. The van der Waals surface area contributed by atoms with Crippen LogP contribution in [-0.4, -0.2) is 46.5 Å². The molecular weight excluding hydrogens is 268 g/mol.